The quantitative estimate of drug-likeness (QED) is 0.451. The van der Waals surface area contributed by atoms with Crippen LogP contribution < -0.4 is 10.9 Å². The van der Waals surface area contributed by atoms with Gasteiger partial charge in [0.15, 0.2) is 5.58 Å². The average Bonchev–Trinajstić information content (AvgIpc) is 2.77. The molecule has 0 radical (unpaired) electrons. The van der Waals surface area contributed by atoms with Crippen LogP contribution in [0.3, 0.4) is 0 Å². The molecule has 32 heavy (non-hydrogen) atoms. The van der Waals surface area contributed by atoms with Crippen LogP contribution in [0.15, 0.2) is 64.1 Å². The summed E-state index contributed by atoms with van der Waals surface area (Å²) in [5, 5.41) is 13.1. The predicted molar refractivity (Wildman–Crippen MR) is 116 cm³/mol. The number of aryl methyl sites for hydroxylation is 1. The lowest BCUT2D eigenvalue weighted by molar-refractivity contribution is 0.102. The van der Waals surface area contributed by atoms with Gasteiger partial charge in [-0.05, 0) is 49.4 Å². The zero-order chi connectivity index (χ0) is 22.8. The topological polar surface area (TPSA) is 87.7 Å². The van der Waals surface area contributed by atoms with E-state index in [0.29, 0.717) is 39.0 Å². The maximum absolute atomic E-state index is 14.1. The molecule has 2 N–H and O–H groups in total. The maximum atomic E-state index is 14.1. The number of aliphatic hydroxyl groups excluding tert-OH is 1. The van der Waals surface area contributed by atoms with Crippen LogP contribution in [0.2, 0.25) is 5.02 Å². The molecule has 0 spiro atoms. The first-order chi connectivity index (χ1) is 15.4. The largest absolute Gasteiger partial charge is 0.436 e. The van der Waals surface area contributed by atoms with E-state index in [1.807, 2.05) is 0 Å². The standard InChI is InChI=1S/C23H16ClF2N3O3/c1-12-21-17(13(11-30)10-27-12)9-18(22(31)29-20-7-4-15(25)8-19(20)26)23(32-21)28-16-5-2-14(24)3-6-16/h2-10,30H,11H2,1H3,(H,29,31). The van der Waals surface area contributed by atoms with Gasteiger partial charge in [-0.2, -0.15) is 0 Å². The van der Waals surface area contributed by atoms with Gasteiger partial charge in [0.05, 0.1) is 23.7 Å². The van der Waals surface area contributed by atoms with Crippen molar-refractivity contribution in [2.24, 2.45) is 4.99 Å². The molecule has 0 saturated heterocycles. The monoisotopic (exact) mass is 455 g/mol. The number of carbonyl (C=O) groups is 1. The average molecular weight is 456 g/mol. The summed E-state index contributed by atoms with van der Waals surface area (Å²) in [6.45, 7) is 1.38. The number of halogens is 3. The molecule has 4 rings (SSSR count). The van der Waals surface area contributed by atoms with Crippen LogP contribution in [0, 0.1) is 18.6 Å². The molecule has 0 saturated carbocycles. The van der Waals surface area contributed by atoms with Gasteiger partial charge >= 0.3 is 0 Å². The highest BCUT2D eigenvalue weighted by Crippen LogP contribution is 2.23. The molecule has 0 fully saturated rings. The Kier molecular flexibility index (Phi) is 5.98. The summed E-state index contributed by atoms with van der Waals surface area (Å²) >= 11 is 5.92. The van der Waals surface area contributed by atoms with E-state index in [1.54, 1.807) is 31.2 Å². The molecule has 2 heterocycles. The van der Waals surface area contributed by atoms with Crippen molar-refractivity contribution in [3.63, 3.8) is 0 Å². The van der Waals surface area contributed by atoms with E-state index in [0.717, 1.165) is 12.1 Å². The predicted octanol–water partition coefficient (Wildman–Crippen LogP) is 5.04. The van der Waals surface area contributed by atoms with Gasteiger partial charge in [-0.3, -0.25) is 9.78 Å². The normalized spacial score (nSPS) is 11.7. The van der Waals surface area contributed by atoms with E-state index >= 15 is 0 Å². The zero-order valence-corrected chi connectivity index (χ0v) is 17.5. The highest BCUT2D eigenvalue weighted by molar-refractivity contribution is 6.30. The fraction of sp³-hybridized carbons (Fsp3) is 0.0870. The van der Waals surface area contributed by atoms with Crippen molar-refractivity contribution in [3.8, 4) is 0 Å². The molecule has 1 amide bonds. The summed E-state index contributed by atoms with van der Waals surface area (Å²) in [4.78, 5) is 21.7. The Balaban J connectivity index is 1.91. The minimum atomic E-state index is -0.927. The number of benzene rings is 2. The fourth-order valence-electron chi connectivity index (χ4n) is 3.07. The second-order valence-corrected chi connectivity index (χ2v) is 7.34. The third-order valence-corrected chi connectivity index (χ3v) is 4.95. The number of nitrogens with zero attached hydrogens (tertiary/aromatic N) is 2. The summed E-state index contributed by atoms with van der Waals surface area (Å²) in [6.07, 6.45) is 1.48. The van der Waals surface area contributed by atoms with Crippen LogP contribution in [0.4, 0.5) is 20.2 Å². The van der Waals surface area contributed by atoms with Crippen LogP contribution in [-0.4, -0.2) is 16.0 Å². The number of fused-ring (bicyclic) bond motifs is 1. The summed E-state index contributed by atoms with van der Waals surface area (Å²) in [7, 11) is 0. The van der Waals surface area contributed by atoms with Crippen molar-refractivity contribution in [3.05, 3.63) is 93.8 Å². The van der Waals surface area contributed by atoms with Gasteiger partial charge in [0.25, 0.3) is 5.91 Å². The Bertz CT molecular complexity index is 1400. The van der Waals surface area contributed by atoms with Crippen LogP contribution >= 0.6 is 11.6 Å². The summed E-state index contributed by atoms with van der Waals surface area (Å²) in [6, 6.07) is 10.8. The molecule has 4 aromatic rings. The number of rotatable bonds is 4. The first kappa shape index (κ1) is 21.6. The van der Waals surface area contributed by atoms with Crippen molar-refractivity contribution >= 4 is 39.9 Å². The first-order valence-electron chi connectivity index (χ1n) is 9.45. The van der Waals surface area contributed by atoms with Gasteiger partial charge < -0.3 is 14.8 Å². The molecular weight excluding hydrogens is 440 g/mol. The van der Waals surface area contributed by atoms with E-state index in [1.165, 1.54) is 12.3 Å². The molecule has 0 aliphatic carbocycles. The smallest absolute Gasteiger partial charge is 0.261 e. The Morgan fingerprint density at radius 3 is 2.62 bits per heavy atom. The molecule has 6 nitrogen and oxygen atoms in total. The first-order valence-corrected chi connectivity index (χ1v) is 9.83. The van der Waals surface area contributed by atoms with Gasteiger partial charge in [-0.15, -0.1) is 0 Å². The van der Waals surface area contributed by atoms with Crippen LogP contribution in [0.5, 0.6) is 0 Å². The lowest BCUT2D eigenvalue weighted by Crippen LogP contribution is -2.22. The van der Waals surface area contributed by atoms with Crippen molar-refractivity contribution in [1.82, 2.24) is 4.98 Å². The second-order valence-electron chi connectivity index (χ2n) is 6.90. The maximum Gasteiger partial charge on any atom is 0.261 e. The van der Waals surface area contributed by atoms with E-state index in [-0.39, 0.29) is 23.4 Å². The second kappa shape index (κ2) is 8.86. The number of hydrogen-bond acceptors (Lipinski definition) is 5. The minimum Gasteiger partial charge on any atom is -0.436 e. The van der Waals surface area contributed by atoms with Gasteiger partial charge in [0, 0.05) is 28.2 Å². The van der Waals surface area contributed by atoms with Crippen molar-refractivity contribution < 1.29 is 23.1 Å². The van der Waals surface area contributed by atoms with Gasteiger partial charge in [-0.1, -0.05) is 11.6 Å². The Labute approximate surface area is 185 Å². The highest BCUT2D eigenvalue weighted by Gasteiger charge is 2.18. The van der Waals surface area contributed by atoms with E-state index < -0.39 is 17.5 Å². The molecule has 0 unspecified atom stereocenters. The third-order valence-electron chi connectivity index (χ3n) is 4.70. The zero-order valence-electron chi connectivity index (χ0n) is 16.7. The van der Waals surface area contributed by atoms with Crippen molar-refractivity contribution in [1.29, 1.82) is 0 Å². The van der Waals surface area contributed by atoms with E-state index in [2.05, 4.69) is 15.3 Å². The Morgan fingerprint density at radius 1 is 1.19 bits per heavy atom. The number of pyridine rings is 1. The number of aromatic nitrogens is 1. The Morgan fingerprint density at radius 2 is 1.94 bits per heavy atom. The number of nitrogens with one attached hydrogen (secondary N) is 1. The van der Waals surface area contributed by atoms with Gasteiger partial charge in [0.1, 0.15) is 17.2 Å². The number of amides is 1. The van der Waals surface area contributed by atoms with E-state index in [4.69, 9.17) is 16.0 Å². The molecule has 0 bridgehead atoms. The summed E-state index contributed by atoms with van der Waals surface area (Å²) in [5.74, 6) is -2.43. The number of hydrogen-bond donors (Lipinski definition) is 2. The molecule has 162 valence electrons. The fourth-order valence-corrected chi connectivity index (χ4v) is 3.20. The molecule has 0 aliphatic heterocycles. The summed E-state index contributed by atoms with van der Waals surface area (Å²) < 4.78 is 33.2. The van der Waals surface area contributed by atoms with Crippen LogP contribution in [-0.2, 0) is 6.61 Å². The van der Waals surface area contributed by atoms with E-state index in [9.17, 15) is 18.7 Å². The minimum absolute atomic E-state index is 0.0172. The Hall–Kier alpha value is -3.62. The van der Waals surface area contributed by atoms with Crippen LogP contribution in [0.25, 0.3) is 11.0 Å². The lowest BCUT2D eigenvalue weighted by atomic mass is 10.1. The number of aliphatic hydroxyl groups is 1. The SMILES string of the molecule is Cc1ncc(CO)c2cc(C(=O)Nc3ccc(F)cc3F)c(=Nc3ccc(Cl)cc3)oc12. The third kappa shape index (κ3) is 4.37. The number of carbonyl (C=O) groups excluding carboxylic acids is 1. The van der Waals surface area contributed by atoms with Gasteiger partial charge in [0.2, 0.25) is 5.55 Å². The van der Waals surface area contributed by atoms with Gasteiger partial charge in [-0.25, -0.2) is 13.8 Å². The molecular formula is C23H16ClF2N3O3. The molecule has 2 aromatic carbocycles. The van der Waals surface area contributed by atoms with Crippen molar-refractivity contribution in [2.45, 2.75) is 13.5 Å². The molecule has 9 heteroatoms. The lowest BCUT2D eigenvalue weighted by Gasteiger charge is -2.10. The van der Waals surface area contributed by atoms with Crippen molar-refractivity contribution in [2.75, 3.05) is 5.32 Å². The van der Waals surface area contributed by atoms with Crippen LogP contribution in [0.1, 0.15) is 21.6 Å². The number of anilines is 1. The summed E-state index contributed by atoms with van der Waals surface area (Å²) in [5.41, 5.74) is 1.49. The molecule has 0 aliphatic rings. The highest BCUT2D eigenvalue weighted by atomic mass is 35.5. The molecule has 2 aromatic heterocycles. The molecule has 0 atom stereocenters.